The van der Waals surface area contributed by atoms with Gasteiger partial charge in [0, 0.05) is 5.92 Å². The van der Waals surface area contributed by atoms with Gasteiger partial charge in [-0.2, -0.15) is 0 Å². The van der Waals surface area contributed by atoms with Crippen molar-refractivity contribution in [2.24, 2.45) is 17.8 Å². The molecule has 0 saturated heterocycles. The maximum absolute atomic E-state index is 13.0. The van der Waals surface area contributed by atoms with Gasteiger partial charge in [-0.15, -0.1) is 0 Å². The van der Waals surface area contributed by atoms with Crippen LogP contribution < -0.4 is 0 Å². The number of ether oxygens (including phenoxy) is 2. The van der Waals surface area contributed by atoms with E-state index in [2.05, 4.69) is 0 Å². The van der Waals surface area contributed by atoms with Crippen LogP contribution in [0.3, 0.4) is 0 Å². The molecule has 5 nitrogen and oxygen atoms in total. The monoisotopic (exact) mass is 402 g/mol. The predicted octanol–water partition coefficient (Wildman–Crippen LogP) is 4.74. The van der Waals surface area contributed by atoms with Gasteiger partial charge in [0.05, 0.1) is 18.1 Å². The summed E-state index contributed by atoms with van der Waals surface area (Å²) in [7, 11) is 0. The van der Waals surface area contributed by atoms with Crippen LogP contribution in [0.2, 0.25) is 0 Å². The molecule has 160 valence electrons. The summed E-state index contributed by atoms with van der Waals surface area (Å²) in [6.07, 6.45) is 7.96. The van der Waals surface area contributed by atoms with E-state index in [9.17, 15) is 14.4 Å². The molecule has 29 heavy (non-hydrogen) atoms. The first kappa shape index (κ1) is 24.6. The van der Waals surface area contributed by atoms with Crippen LogP contribution in [-0.4, -0.2) is 29.9 Å². The summed E-state index contributed by atoms with van der Waals surface area (Å²) in [6, 6.07) is 0. The normalized spacial score (nSPS) is 21.8. The van der Waals surface area contributed by atoms with Gasteiger partial charge in [0.25, 0.3) is 0 Å². The number of carbonyl (C=O) groups is 3. The highest BCUT2D eigenvalue weighted by atomic mass is 16.5. The number of hydrogen-bond acceptors (Lipinski definition) is 5. The van der Waals surface area contributed by atoms with E-state index in [-0.39, 0.29) is 18.0 Å². The summed E-state index contributed by atoms with van der Waals surface area (Å²) >= 11 is 0. The Morgan fingerprint density at radius 2 is 1.41 bits per heavy atom. The van der Waals surface area contributed by atoms with Gasteiger partial charge in [0.15, 0.2) is 5.78 Å². The van der Waals surface area contributed by atoms with Crippen molar-refractivity contribution in [2.45, 2.75) is 67.6 Å². The Balaban J connectivity index is 3.55. The second-order valence-corrected chi connectivity index (χ2v) is 8.40. The topological polar surface area (TPSA) is 69.7 Å². The highest BCUT2D eigenvalue weighted by Gasteiger charge is 2.46. The third-order valence-electron chi connectivity index (χ3n) is 4.20. The van der Waals surface area contributed by atoms with E-state index in [1.807, 2.05) is 33.8 Å². The molecule has 5 heteroatoms. The fourth-order valence-electron chi connectivity index (χ4n) is 3.21. The maximum Gasteiger partial charge on any atom is 0.317 e. The largest absolute Gasteiger partial charge is 0.462 e. The van der Waals surface area contributed by atoms with Crippen LogP contribution in [0, 0.1) is 17.8 Å². The third-order valence-corrected chi connectivity index (χ3v) is 4.20. The zero-order valence-electron chi connectivity index (χ0n) is 18.8. The van der Waals surface area contributed by atoms with Crippen LogP contribution in [-0.2, 0) is 23.9 Å². The van der Waals surface area contributed by atoms with E-state index in [4.69, 9.17) is 9.47 Å². The Morgan fingerprint density at radius 3 is 1.86 bits per heavy atom. The van der Waals surface area contributed by atoms with Gasteiger partial charge in [-0.05, 0) is 67.0 Å². The van der Waals surface area contributed by atoms with Crippen molar-refractivity contribution in [3.8, 4) is 0 Å². The molecule has 0 saturated carbocycles. The van der Waals surface area contributed by atoms with Gasteiger partial charge < -0.3 is 9.47 Å². The molecule has 1 rings (SSSR count). The van der Waals surface area contributed by atoms with Gasteiger partial charge in [0.1, 0.15) is 5.92 Å². The average molecular weight is 403 g/mol. The molecule has 0 heterocycles. The molecule has 0 aromatic rings. The minimum absolute atomic E-state index is 0.309. The van der Waals surface area contributed by atoms with Gasteiger partial charge in [0.2, 0.25) is 0 Å². The lowest BCUT2D eigenvalue weighted by Crippen LogP contribution is -2.43. The van der Waals surface area contributed by atoms with Crippen LogP contribution in [0.15, 0.2) is 47.1 Å². The minimum Gasteiger partial charge on any atom is -0.462 e. The van der Waals surface area contributed by atoms with Gasteiger partial charge in [-0.25, -0.2) is 0 Å². The summed E-state index contributed by atoms with van der Waals surface area (Å²) in [5, 5.41) is 0. The van der Waals surface area contributed by atoms with Crippen LogP contribution >= 0.6 is 0 Å². The lowest BCUT2D eigenvalue weighted by atomic mass is 9.70. The molecule has 0 fully saturated rings. The molecule has 3 atom stereocenters. The molecule has 0 aromatic carbocycles. The zero-order valence-corrected chi connectivity index (χ0v) is 18.8. The molecule has 0 aromatic heterocycles. The first-order valence-electron chi connectivity index (χ1n) is 10.1. The molecule has 0 bridgehead atoms. The summed E-state index contributed by atoms with van der Waals surface area (Å²) in [5.74, 6) is -3.93. The first-order chi connectivity index (χ1) is 13.4. The molecule has 0 amide bonds. The number of ketones is 1. The second-order valence-electron chi connectivity index (χ2n) is 8.40. The van der Waals surface area contributed by atoms with E-state index in [1.54, 1.807) is 45.9 Å². The van der Waals surface area contributed by atoms with Crippen molar-refractivity contribution in [3.05, 3.63) is 47.1 Å². The molecular weight excluding hydrogens is 368 g/mol. The van der Waals surface area contributed by atoms with Gasteiger partial charge in [-0.3, -0.25) is 14.4 Å². The van der Waals surface area contributed by atoms with Crippen LogP contribution in [0.5, 0.6) is 0 Å². The summed E-state index contributed by atoms with van der Waals surface area (Å²) in [4.78, 5) is 38.6. The molecular formula is C24H34O5. The van der Waals surface area contributed by atoms with Gasteiger partial charge >= 0.3 is 11.9 Å². The van der Waals surface area contributed by atoms with Crippen molar-refractivity contribution >= 4 is 17.7 Å². The lowest BCUT2D eigenvalue weighted by Gasteiger charge is -2.33. The molecule has 3 unspecified atom stereocenters. The Hall–Kier alpha value is -2.43. The highest BCUT2D eigenvalue weighted by molar-refractivity contribution is 6.08. The van der Waals surface area contributed by atoms with Crippen molar-refractivity contribution in [2.75, 3.05) is 0 Å². The third kappa shape index (κ3) is 7.48. The standard InChI is InChI=1S/C24H34O5/c1-14(2)10-9-11-18-13-20(25)22(24(27)29-17(7)8)19(12-15(3)4)21(18)23(26)28-16(5)6/h9-13,16-17,19,21-22H,1-8H3/b11-9+. The van der Waals surface area contributed by atoms with E-state index < -0.39 is 29.7 Å². The number of esters is 2. The van der Waals surface area contributed by atoms with Crippen LogP contribution in [0.1, 0.15) is 55.4 Å². The van der Waals surface area contributed by atoms with Crippen molar-refractivity contribution in [1.82, 2.24) is 0 Å². The van der Waals surface area contributed by atoms with E-state index >= 15 is 0 Å². The molecule has 0 aliphatic heterocycles. The van der Waals surface area contributed by atoms with E-state index in [0.29, 0.717) is 5.57 Å². The summed E-state index contributed by atoms with van der Waals surface area (Å²) in [6.45, 7) is 14.7. The number of rotatable bonds is 7. The fourth-order valence-corrected chi connectivity index (χ4v) is 3.21. The quantitative estimate of drug-likeness (QED) is 0.266. The molecule has 0 radical (unpaired) electrons. The Kier molecular flexibility index (Phi) is 9.28. The minimum atomic E-state index is -1.07. The highest BCUT2D eigenvalue weighted by Crippen LogP contribution is 2.38. The Morgan fingerprint density at radius 1 is 0.897 bits per heavy atom. The number of allylic oxidation sites excluding steroid dienone is 7. The van der Waals surface area contributed by atoms with Crippen LogP contribution in [0.4, 0.5) is 0 Å². The first-order valence-corrected chi connectivity index (χ1v) is 10.1. The SMILES string of the molecule is CC(C)=C/C=C/C1=CC(=O)C(C(=O)OC(C)C)C(C=C(C)C)C1C(=O)OC(C)C. The Labute approximate surface area is 174 Å². The average Bonchev–Trinajstić information content (AvgIpc) is 2.51. The molecule has 0 N–H and O–H groups in total. The lowest BCUT2D eigenvalue weighted by molar-refractivity contribution is -0.160. The van der Waals surface area contributed by atoms with E-state index in [0.717, 1.165) is 11.1 Å². The summed E-state index contributed by atoms with van der Waals surface area (Å²) < 4.78 is 10.8. The second kappa shape index (κ2) is 10.9. The van der Waals surface area contributed by atoms with Crippen molar-refractivity contribution < 1.29 is 23.9 Å². The smallest absolute Gasteiger partial charge is 0.317 e. The number of carbonyl (C=O) groups excluding carboxylic acids is 3. The van der Waals surface area contributed by atoms with Crippen LogP contribution in [0.25, 0.3) is 0 Å². The molecule has 1 aliphatic rings. The van der Waals surface area contributed by atoms with Gasteiger partial charge in [-0.1, -0.05) is 35.5 Å². The van der Waals surface area contributed by atoms with Crippen molar-refractivity contribution in [1.29, 1.82) is 0 Å². The molecule has 1 aliphatic carbocycles. The maximum atomic E-state index is 13.0. The molecule has 0 spiro atoms. The summed E-state index contributed by atoms with van der Waals surface area (Å²) in [5.41, 5.74) is 2.53. The predicted molar refractivity (Wildman–Crippen MR) is 114 cm³/mol. The number of hydrogen-bond donors (Lipinski definition) is 0. The Bertz CT molecular complexity index is 741. The van der Waals surface area contributed by atoms with E-state index in [1.165, 1.54) is 6.08 Å². The fraction of sp³-hybridized carbons (Fsp3) is 0.542. The zero-order chi connectivity index (χ0) is 22.3. The van der Waals surface area contributed by atoms with Crippen molar-refractivity contribution in [3.63, 3.8) is 0 Å².